The number of nitrogens with zero attached hydrogens (tertiary/aromatic N) is 3. The van der Waals surface area contributed by atoms with Gasteiger partial charge in [-0.15, -0.1) is 11.3 Å². The van der Waals surface area contributed by atoms with Crippen LogP contribution in [-0.4, -0.2) is 52.9 Å². The van der Waals surface area contributed by atoms with Crippen LogP contribution in [0.2, 0.25) is 0 Å². The van der Waals surface area contributed by atoms with Crippen molar-refractivity contribution in [3.63, 3.8) is 0 Å². The first-order valence-electron chi connectivity index (χ1n) is 8.81. The number of likely N-dealkylation sites (tertiary alicyclic amines) is 1. The van der Waals surface area contributed by atoms with Crippen LogP contribution in [0.1, 0.15) is 40.3 Å². The zero-order chi connectivity index (χ0) is 18.1. The maximum Gasteiger partial charge on any atom is 0.306 e. The Morgan fingerprint density at radius 2 is 2.15 bits per heavy atom. The van der Waals surface area contributed by atoms with Crippen molar-refractivity contribution in [1.82, 2.24) is 14.5 Å². The van der Waals surface area contributed by atoms with Crippen LogP contribution in [0.15, 0.2) is 29.4 Å². The number of carbonyl (C=O) groups is 2. The molecule has 1 fully saturated rings. The fraction of sp³-hybridized carbons (Fsp3) is 0.421. The summed E-state index contributed by atoms with van der Waals surface area (Å²) in [4.78, 5) is 31.6. The summed E-state index contributed by atoms with van der Waals surface area (Å²) in [6.45, 7) is 2.89. The highest BCUT2D eigenvalue weighted by molar-refractivity contribution is 7.12. The Morgan fingerprint density at radius 1 is 1.35 bits per heavy atom. The Bertz CT molecular complexity index is 870. The first kappa shape index (κ1) is 17.2. The summed E-state index contributed by atoms with van der Waals surface area (Å²) in [7, 11) is 1.43. The third-order valence-corrected chi connectivity index (χ3v) is 6.07. The van der Waals surface area contributed by atoms with Crippen LogP contribution in [0.25, 0.3) is 5.57 Å². The SMILES string of the molecule is COC(=O)CCN1CCC(=C2c3ccsc3C(=O)Cn3ccnc32)CC1. The van der Waals surface area contributed by atoms with Crippen LogP contribution in [0, 0.1) is 0 Å². The minimum absolute atomic E-state index is 0.153. The first-order valence-corrected chi connectivity index (χ1v) is 9.69. The molecule has 6 nitrogen and oxygen atoms in total. The number of imidazole rings is 1. The van der Waals surface area contributed by atoms with Crippen molar-refractivity contribution >= 4 is 28.7 Å². The summed E-state index contributed by atoms with van der Waals surface area (Å²) in [6.07, 6.45) is 5.93. The van der Waals surface area contributed by atoms with E-state index in [1.807, 2.05) is 22.2 Å². The Hall–Kier alpha value is -2.25. The molecular formula is C19H21N3O3S. The van der Waals surface area contributed by atoms with Crippen LogP contribution >= 0.6 is 11.3 Å². The number of hydrogen-bond acceptors (Lipinski definition) is 6. The normalized spacial score (nSPS) is 17.7. The quantitative estimate of drug-likeness (QED) is 0.776. The maximum atomic E-state index is 12.6. The first-order chi connectivity index (χ1) is 12.7. The molecule has 0 saturated carbocycles. The summed E-state index contributed by atoms with van der Waals surface area (Å²) in [5.74, 6) is 0.884. The van der Waals surface area contributed by atoms with Crippen LogP contribution in [0.4, 0.5) is 0 Å². The Kier molecular flexibility index (Phi) is 4.74. The largest absolute Gasteiger partial charge is 0.469 e. The van der Waals surface area contributed by atoms with Crippen molar-refractivity contribution in [2.45, 2.75) is 25.8 Å². The molecule has 0 aromatic carbocycles. The maximum absolute atomic E-state index is 12.6. The molecule has 26 heavy (non-hydrogen) atoms. The number of piperidine rings is 1. The van der Waals surface area contributed by atoms with Gasteiger partial charge in [0.1, 0.15) is 5.82 Å². The number of rotatable bonds is 3. The van der Waals surface area contributed by atoms with Crippen molar-refractivity contribution < 1.29 is 14.3 Å². The monoisotopic (exact) mass is 371 g/mol. The van der Waals surface area contributed by atoms with Crippen LogP contribution in [-0.2, 0) is 16.1 Å². The van der Waals surface area contributed by atoms with E-state index in [2.05, 4.69) is 9.88 Å². The summed E-state index contributed by atoms with van der Waals surface area (Å²) in [5.41, 5.74) is 3.51. The molecule has 2 aliphatic rings. The lowest BCUT2D eigenvalue weighted by atomic mass is 9.92. The number of carbonyl (C=O) groups excluding carboxylic acids is 2. The molecule has 0 atom stereocenters. The molecule has 0 radical (unpaired) electrons. The Morgan fingerprint density at radius 3 is 2.92 bits per heavy atom. The predicted octanol–water partition coefficient (Wildman–Crippen LogP) is 2.60. The molecular weight excluding hydrogens is 350 g/mol. The van der Waals surface area contributed by atoms with Gasteiger partial charge in [0.2, 0.25) is 0 Å². The van der Waals surface area contributed by atoms with E-state index in [0.717, 1.165) is 54.3 Å². The Balaban J connectivity index is 1.62. The third-order valence-electron chi connectivity index (χ3n) is 5.11. The van der Waals surface area contributed by atoms with Gasteiger partial charge < -0.3 is 14.2 Å². The van der Waals surface area contributed by atoms with Gasteiger partial charge in [-0.2, -0.15) is 0 Å². The van der Waals surface area contributed by atoms with Gasteiger partial charge in [0, 0.05) is 43.2 Å². The number of aromatic nitrogens is 2. The molecule has 0 bridgehead atoms. The molecule has 0 unspecified atom stereocenters. The van der Waals surface area contributed by atoms with Crippen molar-refractivity contribution in [1.29, 1.82) is 0 Å². The van der Waals surface area contributed by atoms with Crippen molar-refractivity contribution in [3.8, 4) is 0 Å². The summed E-state index contributed by atoms with van der Waals surface area (Å²) < 4.78 is 6.68. The van der Waals surface area contributed by atoms with E-state index in [0.29, 0.717) is 13.0 Å². The molecule has 4 rings (SSSR count). The van der Waals surface area contributed by atoms with Gasteiger partial charge in [-0.3, -0.25) is 9.59 Å². The van der Waals surface area contributed by atoms with E-state index in [-0.39, 0.29) is 11.8 Å². The zero-order valence-electron chi connectivity index (χ0n) is 14.7. The smallest absolute Gasteiger partial charge is 0.306 e. The molecule has 2 aliphatic heterocycles. The molecule has 0 N–H and O–H groups in total. The third kappa shape index (κ3) is 3.12. The van der Waals surface area contributed by atoms with Crippen molar-refractivity contribution in [2.24, 2.45) is 0 Å². The number of ether oxygens (including phenoxy) is 1. The summed E-state index contributed by atoms with van der Waals surface area (Å²) in [6, 6.07) is 2.05. The second kappa shape index (κ2) is 7.17. The van der Waals surface area contributed by atoms with Gasteiger partial charge in [0.25, 0.3) is 0 Å². The lowest BCUT2D eigenvalue weighted by molar-refractivity contribution is -0.141. The molecule has 7 heteroatoms. The molecule has 136 valence electrons. The van der Waals surface area contributed by atoms with E-state index < -0.39 is 0 Å². The number of methoxy groups -OCH3 is 1. The van der Waals surface area contributed by atoms with Crippen LogP contribution < -0.4 is 0 Å². The average molecular weight is 371 g/mol. The number of thiophene rings is 1. The predicted molar refractivity (Wildman–Crippen MR) is 99.2 cm³/mol. The highest BCUT2D eigenvalue weighted by atomic mass is 32.1. The molecule has 4 heterocycles. The Labute approximate surface area is 156 Å². The molecule has 2 aromatic heterocycles. The molecule has 0 amide bonds. The highest BCUT2D eigenvalue weighted by Gasteiger charge is 2.28. The van der Waals surface area contributed by atoms with E-state index in [1.54, 1.807) is 6.20 Å². The van der Waals surface area contributed by atoms with E-state index >= 15 is 0 Å². The fourth-order valence-corrected chi connectivity index (χ4v) is 4.56. The van der Waals surface area contributed by atoms with E-state index in [9.17, 15) is 9.59 Å². The number of Topliss-reactive ketones (excluding diaryl/α,β-unsaturated/α-hetero) is 1. The topological polar surface area (TPSA) is 64.4 Å². The second-order valence-corrected chi connectivity index (χ2v) is 7.53. The summed E-state index contributed by atoms with van der Waals surface area (Å²) in [5, 5.41) is 1.99. The van der Waals surface area contributed by atoms with Crippen molar-refractivity contribution in [3.05, 3.63) is 45.7 Å². The van der Waals surface area contributed by atoms with Gasteiger partial charge in [-0.25, -0.2) is 4.98 Å². The number of fused-ring (bicyclic) bond motifs is 2. The molecule has 1 saturated heterocycles. The second-order valence-electron chi connectivity index (χ2n) is 6.61. The van der Waals surface area contributed by atoms with Gasteiger partial charge in [0.15, 0.2) is 5.78 Å². The molecule has 0 spiro atoms. The minimum Gasteiger partial charge on any atom is -0.469 e. The fourth-order valence-electron chi connectivity index (χ4n) is 3.73. The average Bonchev–Trinajstić information content (AvgIpc) is 3.30. The van der Waals surface area contributed by atoms with Crippen molar-refractivity contribution in [2.75, 3.05) is 26.7 Å². The lowest BCUT2D eigenvalue weighted by Crippen LogP contribution is -2.33. The van der Waals surface area contributed by atoms with Gasteiger partial charge in [0.05, 0.1) is 25.0 Å². The lowest BCUT2D eigenvalue weighted by Gasteiger charge is -2.29. The number of hydrogen-bond donors (Lipinski definition) is 0. The number of esters is 1. The molecule has 2 aromatic rings. The standard InChI is InChI=1S/C19H21N3O3S/c1-25-16(24)4-9-21-7-2-13(3-8-21)17-14-5-11-26-18(14)15(23)12-22-10-6-20-19(17)22/h5-6,10-11H,2-4,7-9,12H2,1H3. The zero-order valence-corrected chi connectivity index (χ0v) is 15.6. The minimum atomic E-state index is -0.165. The molecule has 0 aliphatic carbocycles. The van der Waals surface area contributed by atoms with E-state index in [4.69, 9.17) is 4.74 Å². The number of ketones is 1. The van der Waals surface area contributed by atoms with E-state index in [1.165, 1.54) is 24.0 Å². The van der Waals surface area contributed by atoms with Crippen LogP contribution in [0.3, 0.4) is 0 Å². The van der Waals surface area contributed by atoms with Gasteiger partial charge >= 0.3 is 5.97 Å². The van der Waals surface area contributed by atoms with Gasteiger partial charge in [-0.1, -0.05) is 5.57 Å². The van der Waals surface area contributed by atoms with Gasteiger partial charge in [-0.05, 0) is 24.3 Å². The summed E-state index contributed by atoms with van der Waals surface area (Å²) >= 11 is 1.52. The van der Waals surface area contributed by atoms with Crippen LogP contribution in [0.5, 0.6) is 0 Å². The highest BCUT2D eigenvalue weighted by Crippen LogP contribution is 2.37.